The normalized spacial score (nSPS) is 12.1. The van der Waals surface area contributed by atoms with Crippen LogP contribution in [0.2, 0.25) is 0 Å². The number of amides is 2. The largest absolute Gasteiger partial charge is 1.00 e. The number of aromatic hydroxyl groups is 2. The van der Waals surface area contributed by atoms with E-state index >= 15 is 0 Å². The van der Waals surface area contributed by atoms with Crippen molar-refractivity contribution in [3.63, 3.8) is 0 Å². The van der Waals surface area contributed by atoms with Crippen molar-refractivity contribution in [2.24, 2.45) is 52.4 Å². The molecule has 0 spiro atoms. The molecule has 0 fully saturated rings. The van der Waals surface area contributed by atoms with Gasteiger partial charge >= 0.3 is 69.7 Å². The zero-order valence-electron chi connectivity index (χ0n) is 39.2. The van der Waals surface area contributed by atoms with Gasteiger partial charge in [-0.2, -0.15) is 42.8 Å². The fourth-order valence-corrected chi connectivity index (χ4v) is 8.08. The monoisotopic (exact) mass is 1080 g/mol. The quantitative estimate of drug-likeness (QED) is 0.0357. The molecule has 368 valence electrons. The molecule has 0 aromatic heterocycles. The summed E-state index contributed by atoms with van der Waals surface area (Å²) in [5.74, 6) is -3.55. The molecule has 0 bridgehead atoms. The van der Waals surface area contributed by atoms with Crippen molar-refractivity contribution in [2.45, 2.75) is 4.90 Å². The van der Waals surface area contributed by atoms with Gasteiger partial charge in [0.15, 0.2) is 17.3 Å². The van der Waals surface area contributed by atoms with Crippen LogP contribution in [-0.4, -0.2) is 59.2 Å². The van der Waals surface area contributed by atoms with Crippen molar-refractivity contribution < 1.29 is 114 Å². The number of carbonyl (C=O) groups excluding carboxylic acids is 4. The number of rotatable bonds is 11. The van der Waals surface area contributed by atoms with E-state index in [9.17, 15) is 42.4 Å². The molecule has 10 N–H and O–H groups in total. The Bertz CT molecular complexity index is 4100. The van der Waals surface area contributed by atoms with Gasteiger partial charge in [-0.25, -0.2) is 8.42 Å². The average Bonchev–Trinajstić information content (AvgIpc) is 3.36. The smallest absolute Gasteiger partial charge is 0.744 e. The van der Waals surface area contributed by atoms with Gasteiger partial charge in [0.05, 0.1) is 38.7 Å². The Kier molecular flexibility index (Phi) is 17.6. The number of ketones is 2. The van der Waals surface area contributed by atoms with Crippen molar-refractivity contribution in [3.05, 3.63) is 161 Å². The molecule has 1 aliphatic carbocycles. The van der Waals surface area contributed by atoms with Crippen molar-refractivity contribution in [1.29, 1.82) is 0 Å². The van der Waals surface area contributed by atoms with E-state index in [1.54, 1.807) is 18.2 Å². The van der Waals surface area contributed by atoms with Crippen molar-refractivity contribution in [1.82, 2.24) is 0 Å². The molecule has 0 aliphatic heterocycles. The van der Waals surface area contributed by atoms with Gasteiger partial charge in [-0.15, -0.1) is 22.9 Å². The van der Waals surface area contributed by atoms with Crippen LogP contribution in [0.15, 0.2) is 167 Å². The number of hydrogen-bond acceptors (Lipinski definition) is 22. The Hall–Kier alpha value is -8.31. The topological polar surface area (TPSA) is 420 Å². The first-order valence-corrected chi connectivity index (χ1v) is 23.2. The number of carbonyl (C=O) groups is 4. The zero-order valence-corrected chi connectivity index (χ0v) is 44.9. The number of benzene rings is 8. The molecule has 9 rings (SSSR count). The molecule has 8 aromatic rings. The Morgan fingerprint density at radius 3 is 1.38 bits per heavy atom. The number of nitrogen functional groups attached to an aromatic ring is 2. The molecule has 8 aromatic carbocycles. The average molecular weight is 1080 g/mol. The van der Waals surface area contributed by atoms with Gasteiger partial charge in [0.25, 0.3) is 0 Å². The molecule has 1 aliphatic rings. The Morgan fingerprint density at radius 2 is 0.934 bits per heavy atom. The number of hydrogen-bond donors (Lipinski definition) is 6. The predicted molar refractivity (Wildman–Crippen MR) is 263 cm³/mol. The second-order valence-electron chi connectivity index (χ2n) is 15.5. The van der Waals surface area contributed by atoms with Crippen molar-refractivity contribution in [2.75, 3.05) is 11.5 Å². The number of primary amides is 2. The SMILES string of the molecule is NC(=O)c1ccc(N=Nc2ccc(N)c3c(O)c(N=Nc4ccc5c(c4)C(=O)c4ccc(N=Nc6c(S(=O)(=O)[O-])cc7c(N=Nc8ccc(C(N)=O)cc8)ccc(N)c7c6O)cc4C5=O)[c-]cc23)cc1.O=S(=O)=O.[Na+].[Na+]. The van der Waals surface area contributed by atoms with Crippen LogP contribution in [0.3, 0.4) is 0 Å². The van der Waals surface area contributed by atoms with Crippen LogP contribution in [-0.2, 0) is 20.7 Å². The molecule has 2 amide bonds. The fraction of sp³-hybridized carbons (Fsp3) is 0. The first-order chi connectivity index (χ1) is 35.2. The van der Waals surface area contributed by atoms with Gasteiger partial charge in [0.2, 0.25) is 11.8 Å². The second kappa shape index (κ2) is 23.5. The van der Waals surface area contributed by atoms with Gasteiger partial charge in [-0.05, 0) is 115 Å². The fourth-order valence-electron chi connectivity index (χ4n) is 7.45. The molecule has 28 heteroatoms. The number of phenolic OH excluding ortho intramolecular Hbond substituents is 2. The molecule has 0 radical (unpaired) electrons. The molecule has 0 saturated heterocycles. The summed E-state index contributed by atoms with van der Waals surface area (Å²) in [6, 6.07) is 31.1. The van der Waals surface area contributed by atoms with Gasteiger partial charge in [0, 0.05) is 67.3 Å². The molecule has 0 heterocycles. The van der Waals surface area contributed by atoms with Crippen LogP contribution < -0.4 is 82.0 Å². The number of phenols is 2. The maximum Gasteiger partial charge on any atom is 1.00 e. The second-order valence-corrected chi connectivity index (χ2v) is 17.3. The zero-order chi connectivity index (χ0) is 53.2. The summed E-state index contributed by atoms with van der Waals surface area (Å²) in [5.41, 5.74) is 24.0. The number of nitrogens with two attached hydrogens (primary N) is 4. The minimum absolute atomic E-state index is 0. The Morgan fingerprint density at radius 1 is 0.526 bits per heavy atom. The molecule has 76 heavy (non-hydrogen) atoms. The Labute approximate surface area is 473 Å². The maximum atomic E-state index is 13.8. The van der Waals surface area contributed by atoms with E-state index in [4.69, 9.17) is 35.6 Å². The van der Waals surface area contributed by atoms with E-state index in [0.717, 1.165) is 6.07 Å². The van der Waals surface area contributed by atoms with E-state index in [2.05, 4.69) is 47.0 Å². The van der Waals surface area contributed by atoms with Gasteiger partial charge < -0.3 is 37.7 Å². The summed E-state index contributed by atoms with van der Waals surface area (Å²) in [6.07, 6.45) is 0. The van der Waals surface area contributed by atoms with Crippen LogP contribution in [0.1, 0.15) is 52.6 Å². The summed E-state index contributed by atoms with van der Waals surface area (Å²) in [6.45, 7) is 0. The third-order valence-corrected chi connectivity index (χ3v) is 11.8. The molecule has 0 atom stereocenters. The minimum atomic E-state index is -5.35. The predicted octanol–water partition coefficient (Wildman–Crippen LogP) is 2.91. The summed E-state index contributed by atoms with van der Waals surface area (Å²) in [7, 11) is -8.46. The minimum Gasteiger partial charge on any atom is -0.744 e. The first-order valence-electron chi connectivity index (χ1n) is 20.8. The molecular weight excluding hydrogens is 1050 g/mol. The van der Waals surface area contributed by atoms with Crippen LogP contribution in [0.25, 0.3) is 21.5 Å². The van der Waals surface area contributed by atoms with E-state index in [1.165, 1.54) is 97.1 Å². The van der Waals surface area contributed by atoms with Crippen LogP contribution in [0.4, 0.5) is 56.9 Å². The molecule has 24 nitrogen and oxygen atoms in total. The summed E-state index contributed by atoms with van der Waals surface area (Å²) in [5, 5.41) is 56.0. The molecular formula is C48H30N12Na2O12S2. The van der Waals surface area contributed by atoms with Gasteiger partial charge in [0.1, 0.15) is 15.8 Å². The van der Waals surface area contributed by atoms with Crippen LogP contribution in [0, 0.1) is 6.07 Å². The number of fused-ring (bicyclic) bond motifs is 4. The van der Waals surface area contributed by atoms with E-state index in [1.807, 2.05) is 0 Å². The van der Waals surface area contributed by atoms with Crippen molar-refractivity contribution in [3.8, 4) is 11.5 Å². The third-order valence-electron chi connectivity index (χ3n) is 10.9. The van der Waals surface area contributed by atoms with Crippen molar-refractivity contribution >= 4 is 123 Å². The van der Waals surface area contributed by atoms with E-state index in [-0.39, 0.29) is 143 Å². The summed E-state index contributed by atoms with van der Waals surface area (Å²) >= 11 is 0. The van der Waals surface area contributed by atoms with E-state index < -0.39 is 60.4 Å². The maximum absolute atomic E-state index is 13.8. The van der Waals surface area contributed by atoms with Crippen LogP contribution in [0.5, 0.6) is 11.5 Å². The Balaban J connectivity index is 0.00000151. The van der Waals surface area contributed by atoms with Gasteiger partial charge in [-0.1, -0.05) is 10.8 Å². The third kappa shape index (κ3) is 12.1. The molecule has 0 unspecified atom stereocenters. The van der Waals surface area contributed by atoms with Gasteiger partial charge in [-0.3, -0.25) is 19.2 Å². The molecule has 0 saturated carbocycles. The van der Waals surface area contributed by atoms with E-state index in [0.29, 0.717) is 28.0 Å². The number of anilines is 2. The summed E-state index contributed by atoms with van der Waals surface area (Å²) < 4.78 is 63.1. The van der Waals surface area contributed by atoms with Crippen LogP contribution >= 0.6 is 0 Å². The standard InChI is InChI=1S/C48H31N12O9S.2Na.O3S/c49-34-14-17-36(57-53-24-5-1-22(2-6-24)47(51)65)30-13-16-38(45(63)40(30)34)59-55-26-9-11-28-31(19-26)43(61)29-12-10-27(20-32(29)44(28)62)56-60-42-39(70(67,68)69)21-33-37(18-15-35(50)41(33)46(42)64)58-54-25-7-3-23(4-8-25)48(52)66;;;1-4(2)3/h1-15,17-21,63-64H,49-50H2,(H2,51,65)(H2,52,66)(H,67,68,69);;;/q-1;2*+1;/p-1. The first kappa shape index (κ1) is 57.0. The summed E-state index contributed by atoms with van der Waals surface area (Å²) in [4.78, 5) is 49.5. The number of azo groups is 4. The number of nitrogens with zero attached hydrogens (tertiary/aromatic N) is 8.